The SMILES string of the molecule is C=CCOCCCCCCCCCCOc1ccc(-c2ccc(C(=O)Oc3ccc(C(=O)OC(C)C(=O)OCC)cc3)cc2)cc1. The highest BCUT2D eigenvalue weighted by Crippen LogP contribution is 2.24. The van der Waals surface area contributed by atoms with E-state index in [9.17, 15) is 14.4 Å². The summed E-state index contributed by atoms with van der Waals surface area (Å²) in [6.07, 6.45) is 10.4. The molecule has 0 aliphatic carbocycles. The van der Waals surface area contributed by atoms with Gasteiger partial charge in [-0.2, -0.15) is 0 Å². The minimum absolute atomic E-state index is 0.197. The van der Waals surface area contributed by atoms with Gasteiger partial charge in [-0.05, 0) is 86.3 Å². The Hall–Kier alpha value is -4.43. The van der Waals surface area contributed by atoms with Crippen molar-refractivity contribution in [1.29, 1.82) is 0 Å². The number of rotatable bonds is 21. The molecule has 1 atom stereocenters. The molecule has 3 aromatic carbocycles. The summed E-state index contributed by atoms with van der Waals surface area (Å²) >= 11 is 0. The first kappa shape index (κ1) is 36.0. The highest BCUT2D eigenvalue weighted by atomic mass is 16.6. The lowest BCUT2D eigenvalue weighted by atomic mass is 10.0. The molecule has 0 aliphatic heterocycles. The van der Waals surface area contributed by atoms with Crippen LogP contribution in [0.1, 0.15) is 85.9 Å². The molecule has 0 N–H and O–H groups in total. The van der Waals surface area contributed by atoms with E-state index in [1.54, 1.807) is 25.1 Å². The van der Waals surface area contributed by atoms with Crippen molar-refractivity contribution < 1.29 is 38.1 Å². The van der Waals surface area contributed by atoms with Crippen LogP contribution in [-0.2, 0) is 19.0 Å². The molecule has 0 spiro atoms. The molecule has 3 rings (SSSR count). The zero-order valence-electron chi connectivity index (χ0n) is 27.0. The van der Waals surface area contributed by atoms with Crippen molar-refractivity contribution >= 4 is 17.9 Å². The Kier molecular flexibility index (Phi) is 16.1. The van der Waals surface area contributed by atoms with Crippen LogP contribution in [0.2, 0.25) is 0 Å². The minimum Gasteiger partial charge on any atom is -0.494 e. The molecule has 8 heteroatoms. The van der Waals surface area contributed by atoms with E-state index >= 15 is 0 Å². The third-order valence-corrected chi connectivity index (χ3v) is 7.20. The zero-order valence-corrected chi connectivity index (χ0v) is 27.0. The third kappa shape index (κ3) is 12.9. The van der Waals surface area contributed by atoms with Crippen molar-refractivity contribution in [1.82, 2.24) is 0 Å². The van der Waals surface area contributed by atoms with E-state index in [-0.39, 0.29) is 17.9 Å². The van der Waals surface area contributed by atoms with Crippen LogP contribution in [0.4, 0.5) is 0 Å². The standard InChI is InChI=1S/C38H46O8/c1-4-26-42-27-12-10-8-6-7-9-11-13-28-44-34-22-18-31(19-23-34)30-14-16-32(17-15-30)38(41)46-35-24-20-33(21-25-35)37(40)45-29(3)36(39)43-5-2/h4,14-25,29H,1,5-13,26-28H2,2-3H3. The Morgan fingerprint density at radius 2 is 1.17 bits per heavy atom. The second kappa shape index (κ2) is 20.6. The summed E-state index contributed by atoms with van der Waals surface area (Å²) in [6, 6.07) is 21.0. The van der Waals surface area contributed by atoms with Gasteiger partial charge in [0.25, 0.3) is 0 Å². The Labute approximate surface area is 272 Å². The summed E-state index contributed by atoms with van der Waals surface area (Å²) in [5.74, 6) is -0.697. The van der Waals surface area contributed by atoms with E-state index in [0.29, 0.717) is 18.8 Å². The highest BCUT2D eigenvalue weighted by Gasteiger charge is 2.20. The first-order valence-corrected chi connectivity index (χ1v) is 16.1. The summed E-state index contributed by atoms with van der Waals surface area (Å²) in [7, 11) is 0. The van der Waals surface area contributed by atoms with Crippen molar-refractivity contribution in [3.63, 3.8) is 0 Å². The lowest BCUT2D eigenvalue weighted by Gasteiger charge is -2.12. The van der Waals surface area contributed by atoms with E-state index in [4.69, 9.17) is 23.7 Å². The van der Waals surface area contributed by atoms with Crippen LogP contribution in [0.5, 0.6) is 11.5 Å². The summed E-state index contributed by atoms with van der Waals surface area (Å²) < 4.78 is 26.7. The average molecular weight is 631 g/mol. The quantitative estimate of drug-likeness (QED) is 0.0501. The van der Waals surface area contributed by atoms with Crippen molar-refractivity contribution in [3.05, 3.63) is 96.6 Å². The predicted octanol–water partition coefficient (Wildman–Crippen LogP) is 8.38. The number of carbonyl (C=O) groups is 3. The van der Waals surface area contributed by atoms with E-state index in [0.717, 1.165) is 36.3 Å². The summed E-state index contributed by atoms with van der Waals surface area (Å²) in [4.78, 5) is 36.6. The monoisotopic (exact) mass is 630 g/mol. The lowest BCUT2D eigenvalue weighted by Crippen LogP contribution is -2.26. The van der Waals surface area contributed by atoms with Gasteiger partial charge >= 0.3 is 17.9 Å². The smallest absolute Gasteiger partial charge is 0.347 e. The van der Waals surface area contributed by atoms with Crippen LogP contribution in [0.15, 0.2) is 85.5 Å². The summed E-state index contributed by atoms with van der Waals surface area (Å²) in [6.45, 7) is 9.15. The molecule has 246 valence electrons. The molecule has 0 aromatic heterocycles. The number of esters is 3. The number of ether oxygens (including phenoxy) is 5. The van der Waals surface area contributed by atoms with Crippen LogP contribution in [-0.4, -0.2) is 50.4 Å². The largest absolute Gasteiger partial charge is 0.494 e. The molecule has 1 unspecified atom stereocenters. The summed E-state index contributed by atoms with van der Waals surface area (Å²) in [5.41, 5.74) is 2.59. The maximum absolute atomic E-state index is 12.7. The van der Waals surface area contributed by atoms with Gasteiger partial charge in [-0.1, -0.05) is 68.9 Å². The topological polar surface area (TPSA) is 97.4 Å². The molecule has 8 nitrogen and oxygen atoms in total. The molecule has 0 bridgehead atoms. The van der Waals surface area contributed by atoms with Gasteiger partial charge in [0.2, 0.25) is 0 Å². The van der Waals surface area contributed by atoms with Gasteiger partial charge in [0.1, 0.15) is 11.5 Å². The maximum Gasteiger partial charge on any atom is 0.347 e. The van der Waals surface area contributed by atoms with Crippen LogP contribution < -0.4 is 9.47 Å². The molecular formula is C38H46O8. The van der Waals surface area contributed by atoms with Crippen molar-refractivity contribution in [2.45, 2.75) is 71.3 Å². The van der Waals surface area contributed by atoms with Gasteiger partial charge in [0, 0.05) is 6.61 Å². The van der Waals surface area contributed by atoms with Crippen LogP contribution in [0.25, 0.3) is 11.1 Å². The molecule has 46 heavy (non-hydrogen) atoms. The maximum atomic E-state index is 12.7. The first-order chi connectivity index (χ1) is 22.4. The molecule has 0 saturated carbocycles. The molecule has 0 saturated heterocycles. The average Bonchev–Trinajstić information content (AvgIpc) is 3.07. The molecular weight excluding hydrogens is 584 g/mol. The number of hydrogen-bond acceptors (Lipinski definition) is 8. The van der Waals surface area contributed by atoms with Crippen LogP contribution in [0.3, 0.4) is 0 Å². The Bertz CT molecular complexity index is 1350. The molecule has 3 aromatic rings. The highest BCUT2D eigenvalue weighted by molar-refractivity contribution is 5.93. The number of unbranched alkanes of at least 4 members (excludes halogenated alkanes) is 7. The van der Waals surface area contributed by atoms with Gasteiger partial charge in [-0.15, -0.1) is 6.58 Å². The minimum atomic E-state index is -1.02. The van der Waals surface area contributed by atoms with Gasteiger partial charge < -0.3 is 23.7 Å². The van der Waals surface area contributed by atoms with Crippen molar-refractivity contribution in [3.8, 4) is 22.6 Å². The molecule has 0 aliphatic rings. The van der Waals surface area contributed by atoms with Crippen LogP contribution in [0, 0.1) is 0 Å². The zero-order chi connectivity index (χ0) is 33.0. The van der Waals surface area contributed by atoms with Gasteiger partial charge in [0.15, 0.2) is 6.10 Å². The summed E-state index contributed by atoms with van der Waals surface area (Å²) in [5, 5.41) is 0. The second-order valence-electron chi connectivity index (χ2n) is 10.9. The fraction of sp³-hybridized carbons (Fsp3) is 0.395. The fourth-order valence-corrected chi connectivity index (χ4v) is 4.63. The predicted molar refractivity (Wildman–Crippen MR) is 178 cm³/mol. The molecule has 0 fully saturated rings. The van der Waals surface area contributed by atoms with Gasteiger partial charge in [-0.25, -0.2) is 14.4 Å². The van der Waals surface area contributed by atoms with E-state index in [1.165, 1.54) is 69.7 Å². The van der Waals surface area contributed by atoms with E-state index < -0.39 is 24.0 Å². The number of carbonyl (C=O) groups excluding carboxylic acids is 3. The third-order valence-electron chi connectivity index (χ3n) is 7.20. The molecule has 0 radical (unpaired) electrons. The molecule has 0 amide bonds. The molecule has 0 heterocycles. The Balaban J connectivity index is 1.35. The van der Waals surface area contributed by atoms with Gasteiger partial charge in [-0.3, -0.25) is 0 Å². The van der Waals surface area contributed by atoms with Crippen molar-refractivity contribution in [2.24, 2.45) is 0 Å². The second-order valence-corrected chi connectivity index (χ2v) is 10.9. The lowest BCUT2D eigenvalue weighted by molar-refractivity contribution is -0.152. The van der Waals surface area contributed by atoms with Gasteiger partial charge in [0.05, 0.1) is 30.9 Å². The fourth-order valence-electron chi connectivity index (χ4n) is 4.63. The number of benzene rings is 3. The number of hydrogen-bond donors (Lipinski definition) is 0. The normalized spacial score (nSPS) is 11.3. The van der Waals surface area contributed by atoms with E-state index in [2.05, 4.69) is 6.58 Å². The first-order valence-electron chi connectivity index (χ1n) is 16.1. The van der Waals surface area contributed by atoms with Crippen LogP contribution >= 0.6 is 0 Å². The Morgan fingerprint density at radius 1 is 0.674 bits per heavy atom. The van der Waals surface area contributed by atoms with E-state index in [1.807, 2.05) is 36.4 Å². The Morgan fingerprint density at radius 3 is 1.76 bits per heavy atom. The van der Waals surface area contributed by atoms with Crippen molar-refractivity contribution in [2.75, 3.05) is 26.4 Å².